The van der Waals surface area contributed by atoms with Gasteiger partial charge in [-0.25, -0.2) is 0 Å². The van der Waals surface area contributed by atoms with E-state index in [9.17, 15) is 0 Å². The molecule has 0 radical (unpaired) electrons. The van der Waals surface area contributed by atoms with E-state index in [-0.39, 0.29) is 0 Å². The highest BCUT2D eigenvalue weighted by molar-refractivity contribution is 7.98. The van der Waals surface area contributed by atoms with Crippen LogP contribution in [-0.2, 0) is 5.75 Å². The van der Waals surface area contributed by atoms with E-state index in [2.05, 4.69) is 48.5 Å². The second kappa shape index (κ2) is 6.72. The van der Waals surface area contributed by atoms with E-state index in [0.29, 0.717) is 6.04 Å². The van der Waals surface area contributed by atoms with Gasteiger partial charge in [-0.3, -0.25) is 0 Å². The molecule has 1 unspecified atom stereocenters. The van der Waals surface area contributed by atoms with Gasteiger partial charge in [0.25, 0.3) is 0 Å². The fourth-order valence-electron chi connectivity index (χ4n) is 2.23. The molecule has 1 aromatic rings. The number of thioether (sulfide) groups is 2. The molecule has 0 amide bonds. The van der Waals surface area contributed by atoms with Crippen LogP contribution in [0, 0.1) is 0 Å². The summed E-state index contributed by atoms with van der Waals surface area (Å²) >= 11 is 3.90. The van der Waals surface area contributed by atoms with Gasteiger partial charge in [0.1, 0.15) is 0 Å². The van der Waals surface area contributed by atoms with Crippen molar-refractivity contribution in [2.75, 3.05) is 18.6 Å². The van der Waals surface area contributed by atoms with Crippen molar-refractivity contribution < 1.29 is 0 Å². The molecule has 94 valence electrons. The number of rotatable bonds is 4. The zero-order valence-electron chi connectivity index (χ0n) is 10.7. The molecule has 2 rings (SSSR count). The highest BCUT2D eigenvalue weighted by Gasteiger charge is 2.18. The van der Waals surface area contributed by atoms with E-state index in [1.807, 2.05) is 11.8 Å². The Labute approximate surface area is 113 Å². The van der Waals surface area contributed by atoms with Crippen molar-refractivity contribution in [2.24, 2.45) is 0 Å². The lowest BCUT2D eigenvalue weighted by Crippen LogP contribution is -2.22. The minimum Gasteiger partial charge on any atom is -0.310 e. The SMILES string of the molecule is CCCNC1CCSCc2ccc(SC)cc21. The first-order valence-corrected chi connectivity index (χ1v) is 8.71. The summed E-state index contributed by atoms with van der Waals surface area (Å²) in [6, 6.07) is 7.53. The molecular weight excluding hydrogens is 246 g/mol. The van der Waals surface area contributed by atoms with Crippen LogP contribution in [0.3, 0.4) is 0 Å². The van der Waals surface area contributed by atoms with Crippen molar-refractivity contribution in [1.82, 2.24) is 5.32 Å². The van der Waals surface area contributed by atoms with Gasteiger partial charge in [0.05, 0.1) is 0 Å². The first-order chi connectivity index (χ1) is 8.35. The van der Waals surface area contributed by atoms with Crippen molar-refractivity contribution in [3.05, 3.63) is 29.3 Å². The molecule has 0 saturated carbocycles. The highest BCUT2D eigenvalue weighted by atomic mass is 32.2. The van der Waals surface area contributed by atoms with Gasteiger partial charge in [-0.15, -0.1) is 11.8 Å². The van der Waals surface area contributed by atoms with E-state index in [0.717, 1.165) is 6.54 Å². The van der Waals surface area contributed by atoms with Crippen LogP contribution in [0.15, 0.2) is 23.1 Å². The second-order valence-corrected chi connectivity index (χ2v) is 6.40. The summed E-state index contributed by atoms with van der Waals surface area (Å²) < 4.78 is 0. The van der Waals surface area contributed by atoms with Crippen LogP contribution in [0.1, 0.15) is 36.9 Å². The van der Waals surface area contributed by atoms with Gasteiger partial charge in [0, 0.05) is 16.7 Å². The fourth-order valence-corrected chi connectivity index (χ4v) is 3.70. The van der Waals surface area contributed by atoms with Crippen molar-refractivity contribution in [2.45, 2.75) is 36.5 Å². The van der Waals surface area contributed by atoms with E-state index < -0.39 is 0 Å². The number of fused-ring (bicyclic) bond motifs is 1. The Morgan fingerprint density at radius 1 is 1.47 bits per heavy atom. The minimum atomic E-state index is 0.562. The average molecular weight is 267 g/mol. The molecule has 0 spiro atoms. The summed E-state index contributed by atoms with van der Waals surface area (Å²) in [5.41, 5.74) is 3.06. The van der Waals surface area contributed by atoms with Crippen LogP contribution in [-0.4, -0.2) is 18.6 Å². The summed E-state index contributed by atoms with van der Waals surface area (Å²) in [4.78, 5) is 1.39. The molecule has 1 aliphatic heterocycles. The summed E-state index contributed by atoms with van der Waals surface area (Å²) in [7, 11) is 0. The molecule has 1 nitrogen and oxygen atoms in total. The topological polar surface area (TPSA) is 12.0 Å². The van der Waals surface area contributed by atoms with Crippen LogP contribution in [0.2, 0.25) is 0 Å². The van der Waals surface area contributed by atoms with Gasteiger partial charge in [-0.2, -0.15) is 11.8 Å². The van der Waals surface area contributed by atoms with Gasteiger partial charge in [-0.1, -0.05) is 13.0 Å². The number of nitrogens with one attached hydrogen (secondary N) is 1. The highest BCUT2D eigenvalue weighted by Crippen LogP contribution is 2.33. The molecule has 1 heterocycles. The largest absolute Gasteiger partial charge is 0.310 e. The third-order valence-electron chi connectivity index (χ3n) is 3.18. The lowest BCUT2D eigenvalue weighted by molar-refractivity contribution is 0.520. The van der Waals surface area contributed by atoms with E-state index in [4.69, 9.17) is 0 Å². The Hall–Kier alpha value is -0.120. The molecule has 1 aromatic carbocycles. The van der Waals surface area contributed by atoms with Gasteiger partial charge in [0.15, 0.2) is 0 Å². The summed E-state index contributed by atoms with van der Waals surface area (Å²) in [6.07, 6.45) is 4.62. The molecular formula is C14H21NS2. The molecule has 0 fully saturated rings. The van der Waals surface area contributed by atoms with Gasteiger partial charge >= 0.3 is 0 Å². The predicted molar refractivity (Wildman–Crippen MR) is 80.0 cm³/mol. The maximum absolute atomic E-state index is 3.70. The first kappa shape index (κ1) is 13.3. The van der Waals surface area contributed by atoms with Gasteiger partial charge in [-0.05, 0) is 54.7 Å². The quantitative estimate of drug-likeness (QED) is 0.825. The van der Waals surface area contributed by atoms with Crippen LogP contribution < -0.4 is 5.32 Å². The maximum Gasteiger partial charge on any atom is 0.0331 e. The molecule has 1 atom stereocenters. The van der Waals surface area contributed by atoms with E-state index in [1.165, 1.54) is 40.4 Å². The Morgan fingerprint density at radius 3 is 3.12 bits per heavy atom. The molecule has 17 heavy (non-hydrogen) atoms. The first-order valence-electron chi connectivity index (χ1n) is 6.33. The summed E-state index contributed by atoms with van der Waals surface area (Å²) in [5, 5.41) is 3.70. The Bertz CT molecular complexity index is 365. The average Bonchev–Trinajstić information content (AvgIpc) is 2.57. The Morgan fingerprint density at radius 2 is 2.35 bits per heavy atom. The third-order valence-corrected chi connectivity index (χ3v) is 4.94. The summed E-state index contributed by atoms with van der Waals surface area (Å²) in [6.45, 7) is 3.36. The molecule has 0 aromatic heterocycles. The molecule has 3 heteroatoms. The van der Waals surface area contributed by atoms with Gasteiger partial charge < -0.3 is 5.32 Å². The Balaban J connectivity index is 2.25. The molecule has 0 saturated heterocycles. The molecule has 0 bridgehead atoms. The zero-order valence-corrected chi connectivity index (χ0v) is 12.3. The van der Waals surface area contributed by atoms with Crippen LogP contribution in [0.25, 0.3) is 0 Å². The van der Waals surface area contributed by atoms with E-state index >= 15 is 0 Å². The fraction of sp³-hybridized carbons (Fsp3) is 0.571. The zero-order chi connectivity index (χ0) is 12.1. The van der Waals surface area contributed by atoms with Crippen molar-refractivity contribution in [3.8, 4) is 0 Å². The molecule has 1 aliphatic rings. The van der Waals surface area contributed by atoms with Crippen molar-refractivity contribution in [1.29, 1.82) is 0 Å². The number of hydrogen-bond donors (Lipinski definition) is 1. The Kier molecular flexibility index (Phi) is 5.26. The minimum absolute atomic E-state index is 0.562. The molecule has 1 N–H and O–H groups in total. The second-order valence-electron chi connectivity index (χ2n) is 4.41. The smallest absolute Gasteiger partial charge is 0.0331 e. The normalized spacial score (nSPS) is 19.8. The summed E-state index contributed by atoms with van der Waals surface area (Å²) in [5.74, 6) is 2.44. The molecule has 0 aliphatic carbocycles. The van der Waals surface area contributed by atoms with Gasteiger partial charge in [0.2, 0.25) is 0 Å². The monoisotopic (exact) mass is 267 g/mol. The maximum atomic E-state index is 3.70. The lowest BCUT2D eigenvalue weighted by atomic mass is 9.99. The van der Waals surface area contributed by atoms with Crippen molar-refractivity contribution >= 4 is 23.5 Å². The lowest BCUT2D eigenvalue weighted by Gasteiger charge is -2.19. The number of benzene rings is 1. The van der Waals surface area contributed by atoms with Crippen LogP contribution in [0.5, 0.6) is 0 Å². The van der Waals surface area contributed by atoms with Crippen molar-refractivity contribution in [3.63, 3.8) is 0 Å². The predicted octanol–water partition coefficient (Wildman–Crippen LogP) is 4.09. The van der Waals surface area contributed by atoms with Crippen LogP contribution >= 0.6 is 23.5 Å². The third kappa shape index (κ3) is 3.43. The van der Waals surface area contributed by atoms with Crippen LogP contribution in [0.4, 0.5) is 0 Å². The van der Waals surface area contributed by atoms with E-state index in [1.54, 1.807) is 0 Å². The number of hydrogen-bond acceptors (Lipinski definition) is 3. The standard InChI is InChI=1S/C14H21NS2/c1-3-7-15-14-6-8-17-10-11-4-5-12(16-2)9-13(11)14/h4-5,9,14-15H,3,6-8,10H2,1-2H3.